The molecule has 0 heterocycles. The Morgan fingerprint density at radius 3 is 2.50 bits per heavy atom. The maximum atomic E-state index is 12.4. The van der Waals surface area contributed by atoms with Crippen LogP contribution in [0.25, 0.3) is 6.08 Å². The highest BCUT2D eigenvalue weighted by Gasteiger charge is 2.13. The Morgan fingerprint density at radius 2 is 1.89 bits per heavy atom. The smallest absolute Gasteiger partial charge is 0.262 e. The van der Waals surface area contributed by atoms with Crippen LogP contribution in [0.4, 0.5) is 0 Å². The maximum absolute atomic E-state index is 12.4. The number of benzene rings is 2. The Labute approximate surface area is 171 Å². The number of halogens is 1. The minimum absolute atomic E-state index is 0.0546. The molecule has 0 unspecified atom stereocenters. The van der Waals surface area contributed by atoms with Crippen molar-refractivity contribution < 1.29 is 24.1 Å². The van der Waals surface area contributed by atoms with E-state index in [2.05, 4.69) is 21.2 Å². The van der Waals surface area contributed by atoms with E-state index in [4.69, 9.17) is 14.2 Å². The van der Waals surface area contributed by atoms with E-state index in [1.807, 2.05) is 6.07 Å². The molecular formula is C20H19BrN2O5. The second-order valence-electron chi connectivity index (χ2n) is 5.58. The molecule has 28 heavy (non-hydrogen) atoms. The van der Waals surface area contributed by atoms with Gasteiger partial charge in [-0.15, -0.1) is 0 Å². The first-order valence-corrected chi connectivity index (χ1v) is 8.90. The molecule has 0 aliphatic heterocycles. The summed E-state index contributed by atoms with van der Waals surface area (Å²) in [6.45, 7) is 0.172. The van der Waals surface area contributed by atoms with Gasteiger partial charge in [0.05, 0.1) is 21.3 Å². The maximum Gasteiger partial charge on any atom is 0.262 e. The molecule has 0 saturated carbocycles. The predicted molar refractivity (Wildman–Crippen MR) is 107 cm³/mol. The number of phenolic OH excluding ortho intramolecular Hbond substituents is 1. The number of amides is 1. The number of nitrogens with zero attached hydrogens (tertiary/aromatic N) is 1. The Bertz CT molecular complexity index is 950. The lowest BCUT2D eigenvalue weighted by atomic mass is 10.1. The number of hydrogen-bond acceptors (Lipinski definition) is 6. The van der Waals surface area contributed by atoms with Crippen molar-refractivity contribution in [3.05, 3.63) is 51.5 Å². The molecule has 0 aliphatic rings. The number of rotatable bonds is 7. The molecule has 0 fully saturated rings. The van der Waals surface area contributed by atoms with Gasteiger partial charge in [0.15, 0.2) is 11.5 Å². The van der Waals surface area contributed by atoms with Crippen LogP contribution < -0.4 is 19.5 Å². The summed E-state index contributed by atoms with van der Waals surface area (Å²) in [5.74, 6) is 0.833. The van der Waals surface area contributed by atoms with Crippen LogP contribution in [0, 0.1) is 11.3 Å². The van der Waals surface area contributed by atoms with Gasteiger partial charge in [-0.1, -0.05) is 15.9 Å². The molecule has 2 rings (SSSR count). The molecule has 0 spiro atoms. The Balaban J connectivity index is 2.21. The normalized spacial score (nSPS) is 10.8. The zero-order chi connectivity index (χ0) is 20.7. The Hall–Kier alpha value is -3.18. The summed E-state index contributed by atoms with van der Waals surface area (Å²) in [4.78, 5) is 12.4. The summed E-state index contributed by atoms with van der Waals surface area (Å²) in [6.07, 6.45) is 1.41. The average molecular weight is 447 g/mol. The highest BCUT2D eigenvalue weighted by atomic mass is 79.9. The van der Waals surface area contributed by atoms with Gasteiger partial charge >= 0.3 is 0 Å². The number of nitrogens with one attached hydrogen (secondary N) is 1. The van der Waals surface area contributed by atoms with Crippen LogP contribution in [0.5, 0.6) is 23.0 Å². The lowest BCUT2D eigenvalue weighted by Gasteiger charge is -2.11. The third-order valence-corrected chi connectivity index (χ3v) is 4.58. The molecule has 8 heteroatoms. The van der Waals surface area contributed by atoms with Crippen molar-refractivity contribution in [3.8, 4) is 29.1 Å². The van der Waals surface area contributed by atoms with E-state index in [-0.39, 0.29) is 23.6 Å². The minimum Gasteiger partial charge on any atom is -0.504 e. The third kappa shape index (κ3) is 4.96. The molecule has 7 nitrogen and oxygen atoms in total. The molecule has 0 radical (unpaired) electrons. The number of methoxy groups -OCH3 is 3. The van der Waals surface area contributed by atoms with Crippen LogP contribution >= 0.6 is 15.9 Å². The highest BCUT2D eigenvalue weighted by Crippen LogP contribution is 2.33. The number of hydrogen-bond donors (Lipinski definition) is 2. The quantitative estimate of drug-likeness (QED) is 0.499. The summed E-state index contributed by atoms with van der Waals surface area (Å²) in [5, 5.41) is 21.8. The van der Waals surface area contributed by atoms with Crippen LogP contribution in [-0.4, -0.2) is 32.3 Å². The minimum atomic E-state index is -0.542. The van der Waals surface area contributed by atoms with Crippen molar-refractivity contribution >= 4 is 27.9 Å². The molecule has 2 aromatic rings. The molecule has 1 amide bonds. The third-order valence-electron chi connectivity index (χ3n) is 3.90. The summed E-state index contributed by atoms with van der Waals surface area (Å²) < 4.78 is 16.0. The van der Waals surface area contributed by atoms with Gasteiger partial charge in [0.2, 0.25) is 0 Å². The van der Waals surface area contributed by atoms with Gasteiger partial charge in [0.1, 0.15) is 23.1 Å². The highest BCUT2D eigenvalue weighted by molar-refractivity contribution is 9.10. The van der Waals surface area contributed by atoms with E-state index >= 15 is 0 Å². The van der Waals surface area contributed by atoms with Crippen LogP contribution in [0.15, 0.2) is 40.4 Å². The summed E-state index contributed by atoms with van der Waals surface area (Å²) in [5.41, 5.74) is 1.16. The SMILES string of the molecule is COc1ccc(CNC(=O)/C(C#N)=C/c2cc(OC)c(O)cc2Br)c(OC)c1. The number of ether oxygens (including phenoxy) is 3. The fourth-order valence-corrected chi connectivity index (χ4v) is 2.85. The van der Waals surface area contributed by atoms with Gasteiger partial charge in [0, 0.05) is 22.6 Å². The summed E-state index contributed by atoms with van der Waals surface area (Å²) in [7, 11) is 4.49. The molecule has 0 bridgehead atoms. The molecule has 0 aliphatic carbocycles. The van der Waals surface area contributed by atoms with Gasteiger partial charge < -0.3 is 24.6 Å². The van der Waals surface area contributed by atoms with Crippen LogP contribution in [-0.2, 0) is 11.3 Å². The summed E-state index contributed by atoms with van der Waals surface area (Å²) >= 11 is 3.30. The van der Waals surface area contributed by atoms with Crippen molar-refractivity contribution in [1.29, 1.82) is 5.26 Å². The second-order valence-corrected chi connectivity index (χ2v) is 6.43. The first kappa shape index (κ1) is 21.1. The van der Waals surface area contributed by atoms with E-state index in [9.17, 15) is 15.2 Å². The van der Waals surface area contributed by atoms with Crippen molar-refractivity contribution in [1.82, 2.24) is 5.32 Å². The first-order chi connectivity index (χ1) is 13.4. The van der Waals surface area contributed by atoms with Crippen LogP contribution in [0.3, 0.4) is 0 Å². The lowest BCUT2D eigenvalue weighted by molar-refractivity contribution is -0.117. The fraction of sp³-hybridized carbons (Fsp3) is 0.200. The van der Waals surface area contributed by atoms with E-state index in [0.717, 1.165) is 5.56 Å². The molecule has 0 saturated heterocycles. The van der Waals surface area contributed by atoms with Crippen molar-refractivity contribution in [2.45, 2.75) is 6.54 Å². The topological polar surface area (TPSA) is 101 Å². The number of nitriles is 1. The molecule has 146 valence electrons. The van der Waals surface area contributed by atoms with Crippen LogP contribution in [0.2, 0.25) is 0 Å². The van der Waals surface area contributed by atoms with Gasteiger partial charge in [-0.3, -0.25) is 4.79 Å². The van der Waals surface area contributed by atoms with E-state index < -0.39 is 5.91 Å². The van der Waals surface area contributed by atoms with Gasteiger partial charge in [-0.25, -0.2) is 0 Å². The van der Waals surface area contributed by atoms with Crippen molar-refractivity contribution in [2.75, 3.05) is 21.3 Å². The van der Waals surface area contributed by atoms with Crippen molar-refractivity contribution in [3.63, 3.8) is 0 Å². The van der Waals surface area contributed by atoms with E-state index in [0.29, 0.717) is 21.5 Å². The average Bonchev–Trinajstić information content (AvgIpc) is 2.71. The van der Waals surface area contributed by atoms with E-state index in [1.165, 1.54) is 32.4 Å². The Morgan fingerprint density at radius 1 is 1.18 bits per heavy atom. The number of carbonyl (C=O) groups is 1. The molecule has 2 N–H and O–H groups in total. The standard InChI is InChI=1S/C20H19BrN2O5/c1-26-15-5-4-12(18(8-15)27-2)11-23-20(25)14(10-22)6-13-7-19(28-3)17(24)9-16(13)21/h4-9,24H,11H2,1-3H3,(H,23,25)/b14-6+. The first-order valence-electron chi connectivity index (χ1n) is 8.10. The molecule has 0 aromatic heterocycles. The van der Waals surface area contributed by atoms with E-state index in [1.54, 1.807) is 25.3 Å². The predicted octanol–water partition coefficient (Wildman–Crippen LogP) is 3.40. The van der Waals surface area contributed by atoms with Gasteiger partial charge in [-0.05, 0) is 35.9 Å². The zero-order valence-electron chi connectivity index (χ0n) is 15.6. The lowest BCUT2D eigenvalue weighted by Crippen LogP contribution is -2.24. The Kier molecular flexibility index (Phi) is 7.29. The summed E-state index contributed by atoms with van der Waals surface area (Å²) in [6, 6.07) is 10.1. The van der Waals surface area contributed by atoms with Crippen LogP contribution in [0.1, 0.15) is 11.1 Å². The fourth-order valence-electron chi connectivity index (χ4n) is 2.41. The number of carbonyl (C=O) groups excluding carboxylic acids is 1. The zero-order valence-corrected chi connectivity index (χ0v) is 17.2. The second kappa shape index (κ2) is 9.67. The number of phenols is 1. The molecule has 2 aromatic carbocycles. The van der Waals surface area contributed by atoms with Gasteiger partial charge in [-0.2, -0.15) is 5.26 Å². The molecule has 0 atom stereocenters. The molecular weight excluding hydrogens is 428 g/mol. The monoisotopic (exact) mass is 446 g/mol. The largest absolute Gasteiger partial charge is 0.504 e. The van der Waals surface area contributed by atoms with Crippen molar-refractivity contribution in [2.24, 2.45) is 0 Å². The number of aromatic hydroxyl groups is 1. The van der Waals surface area contributed by atoms with Gasteiger partial charge in [0.25, 0.3) is 5.91 Å².